The van der Waals surface area contributed by atoms with E-state index in [1.165, 1.54) is 29.3 Å². The quantitative estimate of drug-likeness (QED) is 0.366. The van der Waals surface area contributed by atoms with Crippen molar-refractivity contribution < 1.29 is 17.0 Å². The molecule has 0 aliphatic carbocycles. The Kier molecular flexibility index (Phi) is 5.29. The van der Waals surface area contributed by atoms with Crippen molar-refractivity contribution in [3.8, 4) is 34.3 Å². The summed E-state index contributed by atoms with van der Waals surface area (Å²) in [4.78, 5) is 32.7. The number of hydrogen-bond acceptors (Lipinski definition) is 9. The van der Waals surface area contributed by atoms with Crippen LogP contribution in [0.5, 0.6) is 0 Å². The lowest BCUT2D eigenvalue weighted by atomic mass is 10.1. The molecular formula is C21H21N7O4. The number of carbonyl (C=O) groups excluding carboxylic acids is 1. The van der Waals surface area contributed by atoms with E-state index in [2.05, 4.69) is 20.2 Å². The van der Waals surface area contributed by atoms with Crippen LogP contribution in [-0.2, 0) is 0 Å². The van der Waals surface area contributed by atoms with E-state index in [0.29, 0.717) is 22.4 Å². The molecular weight excluding hydrogens is 414 g/mol. The fourth-order valence-corrected chi connectivity index (χ4v) is 2.92. The van der Waals surface area contributed by atoms with Crippen molar-refractivity contribution >= 4 is 17.4 Å². The zero-order valence-electron chi connectivity index (χ0n) is 17.1. The fraction of sp³-hybridized carbons (Fsp3) is 0.0952. The van der Waals surface area contributed by atoms with Crippen molar-refractivity contribution in [2.24, 2.45) is 0 Å². The highest BCUT2D eigenvalue weighted by molar-refractivity contribution is 5.94. The van der Waals surface area contributed by atoms with Gasteiger partial charge in [0.25, 0.3) is 17.5 Å². The van der Waals surface area contributed by atoms with Gasteiger partial charge in [-0.15, -0.1) is 10.2 Å². The number of aromatic nitrogens is 4. The SMILES string of the molecule is CN(C)C(=O)c1ccc(-c2cnc(N)c(-c3nnc(-c4cccc([N+](=O)[O-])c4)o3)n2)cc1.[HH].[HH]. The van der Waals surface area contributed by atoms with Gasteiger partial charge in [0.2, 0.25) is 5.89 Å². The molecule has 0 bridgehead atoms. The maximum absolute atomic E-state index is 12.1. The second-order valence-corrected chi connectivity index (χ2v) is 6.99. The van der Waals surface area contributed by atoms with Gasteiger partial charge in [-0.1, -0.05) is 18.2 Å². The highest BCUT2D eigenvalue weighted by atomic mass is 16.6. The molecule has 4 rings (SSSR count). The van der Waals surface area contributed by atoms with Gasteiger partial charge >= 0.3 is 0 Å². The van der Waals surface area contributed by atoms with Crippen LogP contribution < -0.4 is 5.73 Å². The molecule has 0 spiro atoms. The van der Waals surface area contributed by atoms with Crippen LogP contribution in [0.2, 0.25) is 0 Å². The van der Waals surface area contributed by atoms with E-state index in [1.807, 2.05) is 0 Å². The molecule has 11 heteroatoms. The lowest BCUT2D eigenvalue weighted by Crippen LogP contribution is -2.21. The van der Waals surface area contributed by atoms with E-state index in [0.717, 1.165) is 0 Å². The zero-order chi connectivity index (χ0) is 22.8. The van der Waals surface area contributed by atoms with E-state index in [4.69, 9.17) is 10.2 Å². The standard InChI is InChI=1S/C21H17N7O4.2H2/c1-27(2)21(29)13-8-6-12(7-9-13)16-11-23-18(22)17(24-16)20-26-25-19(32-20)14-4-3-5-15(10-14)28(30)31;;/h3-11H,1-2H3,(H2,22,23);2*1H. The van der Waals surface area contributed by atoms with Crippen molar-refractivity contribution in [2.45, 2.75) is 0 Å². The molecule has 0 aliphatic heterocycles. The Labute approximate surface area is 184 Å². The summed E-state index contributed by atoms with van der Waals surface area (Å²) >= 11 is 0. The maximum Gasteiger partial charge on any atom is 0.270 e. The minimum absolute atomic E-state index is 0. The van der Waals surface area contributed by atoms with E-state index < -0.39 is 4.92 Å². The number of nitro groups is 1. The lowest BCUT2D eigenvalue weighted by molar-refractivity contribution is -0.384. The predicted octanol–water partition coefficient (Wildman–Crippen LogP) is 3.54. The molecule has 1 amide bonds. The molecule has 4 aromatic rings. The summed E-state index contributed by atoms with van der Waals surface area (Å²) in [5, 5.41) is 18.9. The predicted molar refractivity (Wildman–Crippen MR) is 120 cm³/mol. The molecule has 0 atom stereocenters. The van der Waals surface area contributed by atoms with Crippen LogP contribution in [0.15, 0.2) is 59.1 Å². The molecule has 0 unspecified atom stereocenters. The Balaban J connectivity index is 0.00000204. The number of amides is 1. The first-order chi connectivity index (χ1) is 15.3. The summed E-state index contributed by atoms with van der Waals surface area (Å²) in [5.74, 6) is 0.0854. The summed E-state index contributed by atoms with van der Waals surface area (Å²) in [6.07, 6.45) is 1.50. The van der Waals surface area contributed by atoms with Gasteiger partial charge in [0.1, 0.15) is 0 Å². The molecule has 2 aromatic heterocycles. The van der Waals surface area contributed by atoms with E-state index >= 15 is 0 Å². The molecule has 11 nitrogen and oxygen atoms in total. The Morgan fingerprint density at radius 1 is 1.09 bits per heavy atom. The van der Waals surface area contributed by atoms with Crippen LogP contribution in [0, 0.1) is 10.1 Å². The number of benzene rings is 2. The largest absolute Gasteiger partial charge is 0.414 e. The van der Waals surface area contributed by atoms with Gasteiger partial charge in [0.05, 0.1) is 16.8 Å². The molecule has 0 radical (unpaired) electrons. The third kappa shape index (κ3) is 3.99. The van der Waals surface area contributed by atoms with Gasteiger partial charge < -0.3 is 15.1 Å². The average molecular weight is 435 g/mol. The third-order valence-corrected chi connectivity index (χ3v) is 4.57. The monoisotopic (exact) mass is 435 g/mol. The topological polar surface area (TPSA) is 154 Å². The minimum atomic E-state index is -0.509. The number of carbonyl (C=O) groups is 1. The average Bonchev–Trinajstić information content (AvgIpc) is 3.29. The summed E-state index contributed by atoms with van der Waals surface area (Å²) < 4.78 is 5.66. The van der Waals surface area contributed by atoms with Crippen LogP contribution in [0.3, 0.4) is 0 Å². The van der Waals surface area contributed by atoms with E-state index in [9.17, 15) is 14.9 Å². The molecule has 164 valence electrons. The smallest absolute Gasteiger partial charge is 0.270 e. The van der Waals surface area contributed by atoms with Gasteiger partial charge in [-0.25, -0.2) is 9.97 Å². The zero-order valence-corrected chi connectivity index (χ0v) is 17.1. The number of rotatable bonds is 5. The van der Waals surface area contributed by atoms with E-state index in [1.54, 1.807) is 44.4 Å². The molecule has 0 aliphatic rings. The number of anilines is 1. The van der Waals surface area contributed by atoms with Crippen LogP contribution in [0.1, 0.15) is 13.2 Å². The first kappa shape index (κ1) is 20.6. The first-order valence-corrected chi connectivity index (χ1v) is 9.37. The van der Waals surface area contributed by atoms with Gasteiger partial charge in [0.15, 0.2) is 11.5 Å². The molecule has 32 heavy (non-hydrogen) atoms. The van der Waals surface area contributed by atoms with Gasteiger partial charge in [-0.05, 0) is 18.2 Å². The van der Waals surface area contributed by atoms with Gasteiger partial charge in [-0.3, -0.25) is 14.9 Å². The highest BCUT2D eigenvalue weighted by Gasteiger charge is 2.18. The Morgan fingerprint density at radius 3 is 2.50 bits per heavy atom. The molecule has 0 fully saturated rings. The van der Waals surface area contributed by atoms with Gasteiger partial charge in [-0.2, -0.15) is 0 Å². The number of hydrogen-bond donors (Lipinski definition) is 1. The van der Waals surface area contributed by atoms with Crippen LogP contribution in [0.25, 0.3) is 34.3 Å². The molecule has 2 heterocycles. The molecule has 2 aromatic carbocycles. The van der Waals surface area contributed by atoms with Crippen LogP contribution in [-0.4, -0.2) is 50.0 Å². The lowest BCUT2D eigenvalue weighted by Gasteiger charge is -2.10. The van der Waals surface area contributed by atoms with Crippen molar-refractivity contribution in [3.63, 3.8) is 0 Å². The van der Waals surface area contributed by atoms with E-state index in [-0.39, 0.29) is 37.7 Å². The Bertz CT molecular complexity index is 1330. The maximum atomic E-state index is 12.1. The van der Waals surface area contributed by atoms with Crippen molar-refractivity contribution in [1.29, 1.82) is 0 Å². The number of nitrogen functional groups attached to an aromatic ring is 1. The molecule has 2 N–H and O–H groups in total. The number of nitro benzene ring substituents is 1. The Hall–Kier alpha value is -4.67. The summed E-state index contributed by atoms with van der Waals surface area (Å²) in [7, 11) is 3.36. The van der Waals surface area contributed by atoms with Crippen molar-refractivity contribution in [2.75, 3.05) is 19.8 Å². The molecule has 0 saturated heterocycles. The minimum Gasteiger partial charge on any atom is -0.414 e. The summed E-state index contributed by atoms with van der Waals surface area (Å²) in [6.45, 7) is 0. The second kappa shape index (κ2) is 8.22. The second-order valence-electron chi connectivity index (χ2n) is 6.99. The normalized spacial score (nSPS) is 10.7. The molecule has 0 saturated carbocycles. The fourth-order valence-electron chi connectivity index (χ4n) is 2.92. The third-order valence-electron chi connectivity index (χ3n) is 4.57. The van der Waals surface area contributed by atoms with Crippen molar-refractivity contribution in [3.05, 3.63) is 70.4 Å². The number of non-ortho nitro benzene ring substituents is 1. The number of nitrogens with zero attached hydrogens (tertiary/aromatic N) is 6. The summed E-state index contributed by atoms with van der Waals surface area (Å²) in [6, 6.07) is 12.7. The van der Waals surface area contributed by atoms with Crippen LogP contribution >= 0.6 is 0 Å². The summed E-state index contributed by atoms with van der Waals surface area (Å²) in [5.41, 5.74) is 8.19. The van der Waals surface area contributed by atoms with Crippen molar-refractivity contribution in [1.82, 2.24) is 25.1 Å². The highest BCUT2D eigenvalue weighted by Crippen LogP contribution is 2.29. The number of nitrogens with two attached hydrogens (primary N) is 1. The van der Waals surface area contributed by atoms with Crippen LogP contribution in [0.4, 0.5) is 11.5 Å². The van der Waals surface area contributed by atoms with Gasteiger partial charge in [0, 0.05) is 45.8 Å². The Morgan fingerprint density at radius 2 is 1.81 bits per heavy atom. The first-order valence-electron chi connectivity index (χ1n) is 9.37.